The van der Waals surface area contributed by atoms with Gasteiger partial charge in [0.1, 0.15) is 0 Å². The maximum atomic E-state index is 13.2. The zero-order valence-corrected chi connectivity index (χ0v) is 38.0. The first-order chi connectivity index (χ1) is 28.8. The Balaban J connectivity index is 1.86. The van der Waals surface area contributed by atoms with Crippen LogP contribution in [0.25, 0.3) is 0 Å². The molecule has 0 spiro atoms. The fourth-order valence-electron chi connectivity index (χ4n) is 7.84. The molecule has 0 aromatic heterocycles. The molecule has 1 fully saturated rings. The van der Waals surface area contributed by atoms with Crippen LogP contribution in [0.2, 0.25) is 0 Å². The van der Waals surface area contributed by atoms with Gasteiger partial charge in [-0.1, -0.05) is 142 Å². The second-order valence-electron chi connectivity index (χ2n) is 16.7. The van der Waals surface area contributed by atoms with E-state index in [1.165, 1.54) is 129 Å². The Kier molecular flexibility index (Phi) is 31.4. The zero-order chi connectivity index (χ0) is 42.8. The van der Waals surface area contributed by atoms with Crippen molar-refractivity contribution in [2.45, 2.75) is 187 Å². The van der Waals surface area contributed by atoms with Crippen LogP contribution in [-0.2, 0) is 14.3 Å². The van der Waals surface area contributed by atoms with Gasteiger partial charge in [-0.25, -0.2) is 4.79 Å². The molecular formula is C48H86N2O9. The van der Waals surface area contributed by atoms with Gasteiger partial charge in [0.25, 0.3) is 0 Å². The van der Waals surface area contributed by atoms with Crippen LogP contribution in [0.1, 0.15) is 185 Å². The van der Waals surface area contributed by atoms with E-state index in [1.54, 1.807) is 0 Å². The van der Waals surface area contributed by atoms with Gasteiger partial charge >= 0.3 is 11.9 Å². The molecule has 1 aromatic carbocycles. The Hall–Kier alpha value is -2.44. The third-order valence-electron chi connectivity index (χ3n) is 11.4. The molecule has 2 atom stereocenters. The number of ether oxygens (including phenoxy) is 5. The number of aliphatic hydroxyl groups excluding tert-OH is 2. The second-order valence-corrected chi connectivity index (χ2v) is 16.7. The maximum Gasteiger partial charge on any atom is 0.338 e. The number of carbonyl (C=O) groups is 2. The summed E-state index contributed by atoms with van der Waals surface area (Å²) in [7, 11) is 2.90. The van der Waals surface area contributed by atoms with E-state index in [-0.39, 0.29) is 35.8 Å². The molecule has 0 aliphatic carbocycles. The van der Waals surface area contributed by atoms with Gasteiger partial charge in [0, 0.05) is 39.1 Å². The number of morpholine rings is 1. The number of nitrogens with zero attached hydrogens (tertiary/aromatic N) is 2. The number of esters is 2. The van der Waals surface area contributed by atoms with Crippen molar-refractivity contribution in [3.63, 3.8) is 0 Å². The number of hydrogen-bond acceptors (Lipinski definition) is 11. The molecule has 11 heteroatoms. The smallest absolute Gasteiger partial charge is 0.338 e. The molecule has 0 bridgehead atoms. The van der Waals surface area contributed by atoms with Crippen molar-refractivity contribution in [3.8, 4) is 17.2 Å². The molecule has 1 heterocycles. The standard InChI is InChI=1S/C48H86N2O9/c1-5-7-9-11-13-15-17-19-21-23-27-42(51)39-50(40-43(52)28-24-22-20-18-16-14-12-10-8-6-2)30-25-29-46(53)59-47-44(55-3)37-41(38-45(47)56-4)48(54)58-34-26-31-49-32-35-57-36-33-49/h37-38,42-43,51-52H,5-36,39-40H2,1-4H3. The first-order valence-corrected chi connectivity index (χ1v) is 23.8. The van der Waals surface area contributed by atoms with E-state index in [4.69, 9.17) is 23.7 Å². The Morgan fingerprint density at radius 3 is 1.59 bits per heavy atom. The normalized spacial score (nSPS) is 14.4. The van der Waals surface area contributed by atoms with E-state index >= 15 is 0 Å². The van der Waals surface area contributed by atoms with E-state index in [1.807, 2.05) is 0 Å². The molecule has 1 aliphatic heterocycles. The van der Waals surface area contributed by atoms with E-state index in [0.29, 0.717) is 32.5 Å². The molecule has 11 nitrogen and oxygen atoms in total. The summed E-state index contributed by atoms with van der Waals surface area (Å²) in [6.07, 6.45) is 26.9. The zero-order valence-electron chi connectivity index (χ0n) is 38.0. The summed E-state index contributed by atoms with van der Waals surface area (Å²) >= 11 is 0. The number of carbonyl (C=O) groups excluding carboxylic acids is 2. The molecule has 2 rings (SSSR count). The van der Waals surface area contributed by atoms with Crippen LogP contribution in [-0.4, -0.2) is 117 Å². The molecular weight excluding hydrogens is 749 g/mol. The predicted octanol–water partition coefficient (Wildman–Crippen LogP) is 9.91. The molecule has 2 N–H and O–H groups in total. The Bertz CT molecular complexity index is 1140. The summed E-state index contributed by atoms with van der Waals surface area (Å²) < 4.78 is 27.7. The summed E-state index contributed by atoms with van der Waals surface area (Å²) in [6, 6.07) is 3.01. The van der Waals surface area contributed by atoms with Gasteiger partial charge in [-0.2, -0.15) is 0 Å². The quantitative estimate of drug-likeness (QED) is 0.0376. The van der Waals surface area contributed by atoms with Gasteiger partial charge in [-0.3, -0.25) is 14.6 Å². The average molecular weight is 835 g/mol. The lowest BCUT2D eigenvalue weighted by Crippen LogP contribution is -2.39. The maximum absolute atomic E-state index is 13.2. The molecule has 0 radical (unpaired) electrons. The molecule has 1 saturated heterocycles. The van der Waals surface area contributed by atoms with Gasteiger partial charge in [0.2, 0.25) is 5.75 Å². The molecule has 2 unspecified atom stereocenters. The topological polar surface area (TPSA) is 127 Å². The minimum atomic E-state index is -0.507. The van der Waals surface area contributed by atoms with E-state index < -0.39 is 24.1 Å². The molecule has 0 saturated carbocycles. The lowest BCUT2D eigenvalue weighted by molar-refractivity contribution is -0.134. The first-order valence-electron chi connectivity index (χ1n) is 23.8. The third-order valence-corrected chi connectivity index (χ3v) is 11.4. The molecule has 59 heavy (non-hydrogen) atoms. The highest BCUT2D eigenvalue weighted by Gasteiger charge is 2.22. The predicted molar refractivity (Wildman–Crippen MR) is 238 cm³/mol. The van der Waals surface area contributed by atoms with Crippen molar-refractivity contribution < 1.29 is 43.5 Å². The Morgan fingerprint density at radius 2 is 1.14 bits per heavy atom. The van der Waals surface area contributed by atoms with Crippen molar-refractivity contribution in [2.75, 3.05) is 73.3 Å². The minimum Gasteiger partial charge on any atom is -0.493 e. The molecule has 1 aliphatic rings. The summed E-state index contributed by atoms with van der Waals surface area (Å²) in [6.45, 7) is 10.3. The Morgan fingerprint density at radius 1 is 0.678 bits per heavy atom. The second kappa shape index (κ2) is 35.2. The fraction of sp³-hybridized carbons (Fsp3) is 0.833. The number of hydrogen-bond donors (Lipinski definition) is 2. The van der Waals surface area contributed by atoms with Crippen LogP contribution in [0.3, 0.4) is 0 Å². The number of unbranched alkanes of at least 4 members (excludes halogenated alkanes) is 18. The van der Waals surface area contributed by atoms with Gasteiger partial charge in [-0.15, -0.1) is 0 Å². The van der Waals surface area contributed by atoms with Crippen molar-refractivity contribution in [3.05, 3.63) is 17.7 Å². The van der Waals surface area contributed by atoms with E-state index in [9.17, 15) is 19.8 Å². The number of rotatable bonds is 38. The van der Waals surface area contributed by atoms with Crippen LogP contribution >= 0.6 is 0 Å². The number of benzene rings is 1. The highest BCUT2D eigenvalue weighted by Crippen LogP contribution is 2.39. The largest absolute Gasteiger partial charge is 0.493 e. The van der Waals surface area contributed by atoms with Gasteiger partial charge < -0.3 is 33.9 Å². The Labute approximate surface area is 359 Å². The summed E-state index contributed by atoms with van der Waals surface area (Å²) in [5.74, 6) is -0.460. The molecule has 0 amide bonds. The van der Waals surface area contributed by atoms with E-state index in [0.717, 1.165) is 71.4 Å². The van der Waals surface area contributed by atoms with Crippen LogP contribution in [0.4, 0.5) is 0 Å². The van der Waals surface area contributed by atoms with Crippen molar-refractivity contribution in [1.82, 2.24) is 9.80 Å². The fourth-order valence-corrected chi connectivity index (χ4v) is 7.84. The van der Waals surface area contributed by atoms with Crippen LogP contribution in [0, 0.1) is 0 Å². The highest BCUT2D eigenvalue weighted by atomic mass is 16.6. The van der Waals surface area contributed by atoms with Crippen LogP contribution in [0.5, 0.6) is 17.2 Å². The van der Waals surface area contributed by atoms with Gasteiger partial charge in [0.05, 0.1) is 51.8 Å². The van der Waals surface area contributed by atoms with Crippen molar-refractivity contribution in [1.29, 1.82) is 0 Å². The molecule has 342 valence electrons. The molecule has 1 aromatic rings. The van der Waals surface area contributed by atoms with Crippen LogP contribution < -0.4 is 14.2 Å². The lowest BCUT2D eigenvalue weighted by atomic mass is 10.0. The highest BCUT2D eigenvalue weighted by molar-refractivity contribution is 5.91. The number of aliphatic hydroxyl groups is 2. The van der Waals surface area contributed by atoms with Crippen molar-refractivity contribution >= 4 is 11.9 Å². The lowest BCUT2D eigenvalue weighted by Gasteiger charge is -2.27. The monoisotopic (exact) mass is 835 g/mol. The van der Waals surface area contributed by atoms with Gasteiger partial charge in [0.15, 0.2) is 11.5 Å². The van der Waals surface area contributed by atoms with Crippen LogP contribution in [0.15, 0.2) is 12.1 Å². The SMILES string of the molecule is CCCCCCCCCCCCC(O)CN(CCCC(=O)Oc1c(OC)cc(C(=O)OCCCN2CCOCC2)cc1OC)CC(O)CCCCCCCCCCCC. The summed E-state index contributed by atoms with van der Waals surface area (Å²) in [5, 5.41) is 22.1. The number of methoxy groups -OCH3 is 2. The third kappa shape index (κ3) is 25.8. The van der Waals surface area contributed by atoms with E-state index in [2.05, 4.69) is 23.6 Å². The van der Waals surface area contributed by atoms with Gasteiger partial charge in [-0.05, 0) is 44.4 Å². The summed E-state index contributed by atoms with van der Waals surface area (Å²) in [4.78, 5) is 30.5. The minimum absolute atomic E-state index is 0.111. The average Bonchev–Trinajstić information content (AvgIpc) is 3.23. The van der Waals surface area contributed by atoms with Crippen molar-refractivity contribution in [2.24, 2.45) is 0 Å². The first kappa shape index (κ1) is 52.7. The summed E-state index contributed by atoms with van der Waals surface area (Å²) in [5.41, 5.74) is 0.244.